The van der Waals surface area contributed by atoms with Gasteiger partial charge in [0.2, 0.25) is 5.91 Å². The number of amides is 1. The molecule has 1 heterocycles. The Morgan fingerprint density at radius 1 is 1.10 bits per heavy atom. The van der Waals surface area contributed by atoms with Gasteiger partial charge in [-0.3, -0.25) is 9.59 Å². The number of hydrogen-bond acceptors (Lipinski definition) is 4. The third kappa shape index (κ3) is 4.31. The maximum absolute atomic E-state index is 12.4. The summed E-state index contributed by atoms with van der Waals surface area (Å²) in [6.45, 7) is 7.15. The van der Waals surface area contributed by atoms with Gasteiger partial charge in [0, 0.05) is 16.6 Å². The van der Waals surface area contributed by atoms with Crippen LogP contribution in [-0.2, 0) is 27.5 Å². The van der Waals surface area contributed by atoms with Gasteiger partial charge in [0.1, 0.15) is 0 Å². The molecular weight excluding hydrogens is 400 g/mol. The first-order valence-corrected chi connectivity index (χ1v) is 11.5. The molecule has 0 saturated heterocycles. The van der Waals surface area contributed by atoms with Crippen LogP contribution in [0.15, 0.2) is 52.2 Å². The fraction of sp³-hybridized carbons (Fsp3) is 0.304. The van der Waals surface area contributed by atoms with E-state index in [1.54, 1.807) is 32.0 Å². The SMILES string of the molecule is CCc1c(C)c2ccc(NC(=O)Cc3ccc(S(=O)(=O)C(C)C)cc3)cc2[nH]c1=O. The Morgan fingerprint density at radius 3 is 2.37 bits per heavy atom. The number of hydrogen-bond donors (Lipinski definition) is 2. The minimum atomic E-state index is -3.33. The molecule has 2 aromatic carbocycles. The lowest BCUT2D eigenvalue weighted by Crippen LogP contribution is -2.16. The summed E-state index contributed by atoms with van der Waals surface area (Å²) in [6.07, 6.45) is 0.775. The smallest absolute Gasteiger partial charge is 0.251 e. The van der Waals surface area contributed by atoms with Gasteiger partial charge < -0.3 is 10.3 Å². The first-order chi connectivity index (χ1) is 14.1. The number of aryl methyl sites for hydroxylation is 1. The molecule has 1 amide bonds. The van der Waals surface area contributed by atoms with E-state index < -0.39 is 15.1 Å². The molecule has 0 spiro atoms. The van der Waals surface area contributed by atoms with E-state index >= 15 is 0 Å². The minimum absolute atomic E-state index is 0.109. The van der Waals surface area contributed by atoms with Crippen molar-refractivity contribution in [3.05, 3.63) is 69.5 Å². The number of fused-ring (bicyclic) bond motifs is 1. The van der Waals surface area contributed by atoms with E-state index in [0.29, 0.717) is 23.2 Å². The van der Waals surface area contributed by atoms with E-state index in [1.165, 1.54) is 12.1 Å². The summed E-state index contributed by atoms with van der Waals surface area (Å²) in [5.74, 6) is -0.224. The Hall–Kier alpha value is -2.93. The molecule has 0 aliphatic carbocycles. The van der Waals surface area contributed by atoms with Gasteiger partial charge >= 0.3 is 0 Å². The monoisotopic (exact) mass is 426 g/mol. The van der Waals surface area contributed by atoms with E-state index in [4.69, 9.17) is 0 Å². The molecule has 0 bridgehead atoms. The van der Waals surface area contributed by atoms with Crippen LogP contribution in [0.25, 0.3) is 10.9 Å². The summed E-state index contributed by atoms with van der Waals surface area (Å²) in [5, 5.41) is 3.29. The topological polar surface area (TPSA) is 96.1 Å². The van der Waals surface area contributed by atoms with Crippen LogP contribution in [0, 0.1) is 6.92 Å². The Balaban J connectivity index is 1.76. The summed E-state index contributed by atoms with van der Waals surface area (Å²) in [4.78, 5) is 27.8. The quantitative estimate of drug-likeness (QED) is 0.627. The molecule has 0 radical (unpaired) electrons. The van der Waals surface area contributed by atoms with Crippen molar-refractivity contribution in [3.8, 4) is 0 Å². The fourth-order valence-corrected chi connectivity index (χ4v) is 4.53. The Bertz CT molecular complexity index is 1260. The van der Waals surface area contributed by atoms with Gasteiger partial charge in [-0.1, -0.05) is 25.1 Å². The van der Waals surface area contributed by atoms with Crippen LogP contribution in [0.4, 0.5) is 5.69 Å². The fourth-order valence-electron chi connectivity index (χ4n) is 3.47. The lowest BCUT2D eigenvalue weighted by molar-refractivity contribution is -0.115. The standard InChI is InChI=1S/C23H26N2O4S/c1-5-19-15(4)20-11-8-17(13-21(20)25-23(19)27)24-22(26)12-16-6-9-18(10-7-16)30(28,29)14(2)3/h6-11,13-14H,5,12H2,1-4H3,(H,24,26)(H,25,27). The molecule has 3 aromatic rings. The molecule has 0 aliphatic heterocycles. The van der Waals surface area contributed by atoms with E-state index in [2.05, 4.69) is 10.3 Å². The maximum Gasteiger partial charge on any atom is 0.251 e. The molecule has 0 atom stereocenters. The summed E-state index contributed by atoms with van der Waals surface area (Å²) >= 11 is 0. The zero-order valence-corrected chi connectivity index (χ0v) is 18.4. The number of anilines is 1. The number of carbonyl (C=O) groups excluding carboxylic acids is 1. The molecule has 3 rings (SSSR count). The maximum atomic E-state index is 12.4. The molecule has 0 fully saturated rings. The average molecular weight is 427 g/mol. The summed E-state index contributed by atoms with van der Waals surface area (Å²) in [5.41, 5.74) is 3.59. The highest BCUT2D eigenvalue weighted by molar-refractivity contribution is 7.92. The molecule has 7 heteroatoms. The summed E-state index contributed by atoms with van der Waals surface area (Å²) in [6, 6.07) is 11.8. The van der Waals surface area contributed by atoms with Crippen molar-refractivity contribution in [3.63, 3.8) is 0 Å². The van der Waals surface area contributed by atoms with Crippen LogP contribution in [0.1, 0.15) is 37.5 Å². The number of nitrogens with one attached hydrogen (secondary N) is 2. The van der Waals surface area contributed by atoms with Crippen molar-refractivity contribution in [2.75, 3.05) is 5.32 Å². The second-order valence-corrected chi connectivity index (χ2v) is 10.1. The van der Waals surface area contributed by atoms with E-state index in [1.807, 2.05) is 26.0 Å². The van der Waals surface area contributed by atoms with Crippen molar-refractivity contribution in [1.82, 2.24) is 4.98 Å². The van der Waals surface area contributed by atoms with E-state index in [-0.39, 0.29) is 22.8 Å². The lowest BCUT2D eigenvalue weighted by atomic mass is 10.0. The lowest BCUT2D eigenvalue weighted by Gasteiger charge is -2.11. The van der Waals surface area contributed by atoms with Crippen LogP contribution < -0.4 is 10.9 Å². The highest BCUT2D eigenvalue weighted by atomic mass is 32.2. The highest BCUT2D eigenvalue weighted by Gasteiger charge is 2.19. The van der Waals surface area contributed by atoms with Crippen molar-refractivity contribution >= 4 is 32.3 Å². The summed E-state index contributed by atoms with van der Waals surface area (Å²) < 4.78 is 24.4. The molecule has 0 saturated carbocycles. The van der Waals surface area contributed by atoms with Crippen LogP contribution >= 0.6 is 0 Å². The average Bonchev–Trinajstić information content (AvgIpc) is 2.68. The number of pyridine rings is 1. The van der Waals surface area contributed by atoms with E-state index in [9.17, 15) is 18.0 Å². The minimum Gasteiger partial charge on any atom is -0.326 e. The first kappa shape index (κ1) is 21.8. The van der Waals surface area contributed by atoms with Crippen LogP contribution in [0.3, 0.4) is 0 Å². The zero-order chi connectivity index (χ0) is 22.1. The summed E-state index contributed by atoms with van der Waals surface area (Å²) in [7, 11) is -3.33. The molecule has 0 aliphatic rings. The van der Waals surface area contributed by atoms with Crippen LogP contribution in [0.5, 0.6) is 0 Å². The molecule has 158 valence electrons. The first-order valence-electron chi connectivity index (χ1n) is 9.91. The Morgan fingerprint density at radius 2 is 1.77 bits per heavy atom. The van der Waals surface area contributed by atoms with Crippen molar-refractivity contribution in [2.45, 2.75) is 50.7 Å². The second-order valence-electron chi connectivity index (χ2n) is 7.63. The molecule has 2 N–H and O–H groups in total. The van der Waals surface area contributed by atoms with Crippen molar-refractivity contribution in [1.29, 1.82) is 0 Å². The Kier molecular flexibility index (Phi) is 6.12. The second kappa shape index (κ2) is 8.44. The highest BCUT2D eigenvalue weighted by Crippen LogP contribution is 2.22. The number of aromatic amines is 1. The third-order valence-electron chi connectivity index (χ3n) is 5.27. The third-order valence-corrected chi connectivity index (χ3v) is 7.44. The van der Waals surface area contributed by atoms with Gasteiger partial charge in [-0.15, -0.1) is 0 Å². The number of aromatic nitrogens is 1. The van der Waals surface area contributed by atoms with E-state index in [0.717, 1.165) is 16.5 Å². The normalized spacial score (nSPS) is 11.8. The molecule has 30 heavy (non-hydrogen) atoms. The number of benzene rings is 2. The van der Waals surface area contributed by atoms with Gasteiger partial charge in [0.05, 0.1) is 22.1 Å². The predicted octanol–water partition coefficient (Wildman–Crippen LogP) is 3.76. The molecular formula is C23H26N2O4S. The van der Waals surface area contributed by atoms with Crippen LogP contribution in [0.2, 0.25) is 0 Å². The van der Waals surface area contributed by atoms with Gasteiger partial charge in [-0.2, -0.15) is 0 Å². The van der Waals surface area contributed by atoms with Crippen molar-refractivity contribution < 1.29 is 13.2 Å². The van der Waals surface area contributed by atoms with Crippen molar-refractivity contribution in [2.24, 2.45) is 0 Å². The number of sulfone groups is 1. The molecule has 0 unspecified atom stereocenters. The largest absolute Gasteiger partial charge is 0.326 e. The van der Waals surface area contributed by atoms with Crippen LogP contribution in [-0.4, -0.2) is 24.6 Å². The molecule has 6 nitrogen and oxygen atoms in total. The Labute approximate surface area is 176 Å². The number of H-pyrrole nitrogens is 1. The van der Waals surface area contributed by atoms with Gasteiger partial charge in [0.15, 0.2) is 9.84 Å². The zero-order valence-electron chi connectivity index (χ0n) is 17.6. The van der Waals surface area contributed by atoms with Gasteiger partial charge in [0.25, 0.3) is 5.56 Å². The number of rotatable bonds is 6. The molecule has 1 aromatic heterocycles. The number of carbonyl (C=O) groups is 1. The van der Waals surface area contributed by atoms with Gasteiger partial charge in [-0.25, -0.2) is 8.42 Å². The van der Waals surface area contributed by atoms with Gasteiger partial charge in [-0.05, 0) is 62.6 Å². The predicted molar refractivity (Wildman–Crippen MR) is 120 cm³/mol.